The van der Waals surface area contributed by atoms with Crippen LogP contribution in [0.4, 0.5) is 5.13 Å². The van der Waals surface area contributed by atoms with Gasteiger partial charge in [-0.3, -0.25) is 28.9 Å². The number of hydrogen-bond acceptors (Lipinski definition) is 13. The van der Waals surface area contributed by atoms with E-state index in [1.54, 1.807) is 19.2 Å². The van der Waals surface area contributed by atoms with Gasteiger partial charge in [0.1, 0.15) is 35.9 Å². The molecule has 2 aliphatic rings. The lowest BCUT2D eigenvalue weighted by molar-refractivity contribution is -0.195. The smallest absolute Gasteiger partial charge is 0.358 e. The van der Waals surface area contributed by atoms with E-state index in [2.05, 4.69) is 10.3 Å². The lowest BCUT2D eigenvalue weighted by Gasteiger charge is -2.49. The number of ketones is 1. The number of nitrogens with zero attached hydrogens (tertiary/aromatic N) is 2. The number of thioether (sulfide) groups is 1. The average molecular weight is 611 g/mol. The summed E-state index contributed by atoms with van der Waals surface area (Å²) in [7, 11) is 0. The molecule has 0 saturated carbocycles. The fraction of sp³-hybridized carbons (Fsp3) is 0.577. The first-order chi connectivity index (χ1) is 19.3. The second kappa shape index (κ2) is 13.9. The standard InChI is InChI=1S/C26H34N4O9S2/c1-12(2)6-19(34)38-25(13(3)4)39-24(36)21-15(9-37-18(33)7-14(5)31)10-40-23-20(22(35)30(21)23)29-17(32)8-16-11-41-26(27)28-16/h11-13,20,23,25H,6-10H2,1-5H3,(H2,27,28)(H,29,32)/t20-,23+,25?/m1/s1. The third kappa shape index (κ3) is 8.52. The molecule has 3 N–H and O–H groups in total. The number of nitrogens with one attached hydrogen (secondary N) is 1. The van der Waals surface area contributed by atoms with Crippen molar-refractivity contribution in [3.8, 4) is 0 Å². The van der Waals surface area contributed by atoms with Crippen LogP contribution in [0.3, 0.4) is 0 Å². The molecule has 1 saturated heterocycles. The van der Waals surface area contributed by atoms with Gasteiger partial charge in [-0.1, -0.05) is 27.7 Å². The van der Waals surface area contributed by atoms with Crippen LogP contribution in [0.15, 0.2) is 16.7 Å². The van der Waals surface area contributed by atoms with Gasteiger partial charge in [-0.15, -0.1) is 23.1 Å². The summed E-state index contributed by atoms with van der Waals surface area (Å²) in [5, 5.41) is 4.01. The van der Waals surface area contributed by atoms with E-state index < -0.39 is 59.8 Å². The van der Waals surface area contributed by atoms with Crippen molar-refractivity contribution in [1.82, 2.24) is 15.2 Å². The number of hydrogen-bond donors (Lipinski definition) is 2. The van der Waals surface area contributed by atoms with Crippen LogP contribution in [0.1, 0.15) is 53.2 Å². The number of nitrogens with two attached hydrogens (primary N) is 1. The number of nitrogen functional groups attached to an aromatic ring is 1. The molecule has 1 aromatic rings. The van der Waals surface area contributed by atoms with Crippen LogP contribution in [-0.4, -0.2) is 75.5 Å². The zero-order valence-corrected chi connectivity index (χ0v) is 25.1. The first-order valence-corrected chi connectivity index (χ1v) is 14.9. The molecule has 15 heteroatoms. The summed E-state index contributed by atoms with van der Waals surface area (Å²) in [5.41, 5.74) is 6.20. The maximum Gasteiger partial charge on any atom is 0.358 e. The van der Waals surface area contributed by atoms with Crippen LogP contribution in [0.5, 0.6) is 0 Å². The summed E-state index contributed by atoms with van der Waals surface area (Å²) in [5.74, 6) is -3.87. The maximum absolute atomic E-state index is 13.5. The topological polar surface area (TPSA) is 184 Å². The number of amides is 2. The van der Waals surface area contributed by atoms with Crippen molar-refractivity contribution in [2.75, 3.05) is 18.1 Å². The van der Waals surface area contributed by atoms with E-state index in [0.29, 0.717) is 10.8 Å². The fourth-order valence-corrected chi connectivity index (χ4v) is 5.86. The highest BCUT2D eigenvalue weighted by Crippen LogP contribution is 2.41. The van der Waals surface area contributed by atoms with Crippen molar-refractivity contribution >= 4 is 63.7 Å². The largest absolute Gasteiger partial charge is 0.461 e. The van der Waals surface area contributed by atoms with E-state index in [1.165, 1.54) is 34.9 Å². The predicted octanol–water partition coefficient (Wildman–Crippen LogP) is 1.56. The van der Waals surface area contributed by atoms with Crippen molar-refractivity contribution in [3.63, 3.8) is 0 Å². The molecule has 0 aliphatic carbocycles. The first-order valence-electron chi connectivity index (χ1n) is 13.0. The van der Waals surface area contributed by atoms with Gasteiger partial charge in [-0.25, -0.2) is 9.78 Å². The minimum absolute atomic E-state index is 0.0277. The van der Waals surface area contributed by atoms with E-state index >= 15 is 0 Å². The van der Waals surface area contributed by atoms with Gasteiger partial charge in [0, 0.05) is 29.0 Å². The molecule has 3 heterocycles. The number of β-lactam (4-membered cyclic amide) rings is 1. The summed E-state index contributed by atoms with van der Waals surface area (Å²) < 4.78 is 16.1. The van der Waals surface area contributed by atoms with Crippen molar-refractivity contribution < 1.29 is 43.0 Å². The van der Waals surface area contributed by atoms with Crippen LogP contribution in [-0.2, 0) is 49.4 Å². The molecule has 13 nitrogen and oxygen atoms in total. The van der Waals surface area contributed by atoms with Gasteiger partial charge in [-0.2, -0.15) is 0 Å². The predicted molar refractivity (Wildman–Crippen MR) is 149 cm³/mol. The monoisotopic (exact) mass is 610 g/mol. The van der Waals surface area contributed by atoms with Crippen LogP contribution >= 0.6 is 23.1 Å². The number of thiazole rings is 1. The molecule has 2 aliphatic heterocycles. The summed E-state index contributed by atoms with van der Waals surface area (Å²) >= 11 is 2.46. The Hall–Kier alpha value is -3.46. The van der Waals surface area contributed by atoms with Gasteiger partial charge in [0.25, 0.3) is 5.91 Å². The zero-order chi connectivity index (χ0) is 30.4. The van der Waals surface area contributed by atoms with Gasteiger partial charge >= 0.3 is 17.9 Å². The normalized spacial score (nSPS) is 18.9. The molecule has 3 atom stereocenters. The van der Waals surface area contributed by atoms with Gasteiger partial charge in [-0.05, 0) is 12.8 Å². The number of esters is 3. The van der Waals surface area contributed by atoms with Crippen LogP contribution in [0.25, 0.3) is 0 Å². The van der Waals surface area contributed by atoms with Crippen LogP contribution in [0, 0.1) is 11.8 Å². The molecule has 0 spiro atoms. The quantitative estimate of drug-likeness (QED) is 0.142. The van der Waals surface area contributed by atoms with Gasteiger partial charge in [0.15, 0.2) is 5.13 Å². The molecule has 0 aromatic carbocycles. The molecule has 41 heavy (non-hydrogen) atoms. The Kier molecular flexibility index (Phi) is 10.9. The molecule has 1 aromatic heterocycles. The van der Waals surface area contributed by atoms with Crippen molar-refractivity contribution in [1.29, 1.82) is 0 Å². The molecular formula is C26H34N4O9S2. The number of ether oxygens (including phenoxy) is 3. The molecule has 0 bridgehead atoms. The second-order valence-electron chi connectivity index (χ2n) is 10.4. The molecule has 0 radical (unpaired) electrons. The lowest BCUT2D eigenvalue weighted by atomic mass is 10.0. The van der Waals surface area contributed by atoms with E-state index in [4.69, 9.17) is 19.9 Å². The van der Waals surface area contributed by atoms with Crippen molar-refractivity contribution in [2.45, 2.75) is 71.6 Å². The molecule has 1 unspecified atom stereocenters. The molecule has 1 fully saturated rings. The maximum atomic E-state index is 13.5. The van der Waals surface area contributed by atoms with E-state index in [-0.39, 0.29) is 48.2 Å². The third-order valence-corrected chi connectivity index (χ3v) is 7.92. The van der Waals surface area contributed by atoms with Gasteiger partial charge in [0.05, 0.1) is 12.1 Å². The number of carbonyl (C=O) groups excluding carboxylic acids is 6. The average Bonchev–Trinajstić information content (AvgIpc) is 3.27. The lowest BCUT2D eigenvalue weighted by Crippen LogP contribution is -2.70. The number of aromatic nitrogens is 1. The number of rotatable bonds is 13. The zero-order valence-electron chi connectivity index (χ0n) is 23.5. The highest BCUT2D eigenvalue weighted by Gasteiger charge is 2.54. The number of carbonyl (C=O) groups is 6. The van der Waals surface area contributed by atoms with Gasteiger partial charge < -0.3 is 25.3 Å². The van der Waals surface area contributed by atoms with Crippen LogP contribution < -0.4 is 11.1 Å². The fourth-order valence-electron chi connectivity index (χ4n) is 3.97. The third-order valence-electron chi connectivity index (χ3n) is 5.86. The Morgan fingerprint density at radius 1 is 1.15 bits per heavy atom. The SMILES string of the molecule is CC(=O)CC(=O)OCC1=C(C(=O)OC(OC(=O)CC(C)C)C(C)C)N2C(=O)[C@@H](NC(=O)Cc3csc(N)n3)[C@@H]2SC1. The minimum Gasteiger partial charge on any atom is -0.461 e. The Labute approximate surface area is 245 Å². The van der Waals surface area contributed by atoms with E-state index in [9.17, 15) is 28.8 Å². The molecular weight excluding hydrogens is 576 g/mol. The molecule has 3 rings (SSSR count). The summed E-state index contributed by atoms with van der Waals surface area (Å²) in [6, 6.07) is -0.919. The summed E-state index contributed by atoms with van der Waals surface area (Å²) in [6.45, 7) is 7.98. The highest BCUT2D eigenvalue weighted by atomic mass is 32.2. The molecule has 224 valence electrons. The Balaban J connectivity index is 1.79. The van der Waals surface area contributed by atoms with E-state index in [0.717, 1.165) is 0 Å². The van der Waals surface area contributed by atoms with Gasteiger partial charge in [0.2, 0.25) is 12.2 Å². The Bertz CT molecular complexity index is 1240. The Morgan fingerprint density at radius 2 is 1.85 bits per heavy atom. The molecule has 2 amide bonds. The second-order valence-corrected chi connectivity index (χ2v) is 12.4. The summed E-state index contributed by atoms with van der Waals surface area (Å²) in [4.78, 5) is 80.1. The van der Waals surface area contributed by atoms with Crippen molar-refractivity contribution in [3.05, 3.63) is 22.3 Å². The number of anilines is 1. The summed E-state index contributed by atoms with van der Waals surface area (Å²) in [6.07, 6.45) is -1.62. The highest BCUT2D eigenvalue weighted by molar-refractivity contribution is 8.00. The number of fused-ring (bicyclic) bond motifs is 1. The number of Topliss-reactive ketones (excluding diaryl/α,β-unsaturated/α-hetero) is 1. The van der Waals surface area contributed by atoms with E-state index in [1.807, 2.05) is 13.8 Å². The minimum atomic E-state index is -1.23. The van der Waals surface area contributed by atoms with Crippen LogP contribution in [0.2, 0.25) is 0 Å². The first kappa shape index (κ1) is 32.1. The van der Waals surface area contributed by atoms with Crippen molar-refractivity contribution in [2.24, 2.45) is 11.8 Å². The Morgan fingerprint density at radius 3 is 2.44 bits per heavy atom.